The molecule has 0 aliphatic rings. The molecule has 0 amide bonds. The first-order valence-corrected chi connectivity index (χ1v) is 5.64. The van der Waals surface area contributed by atoms with Crippen molar-refractivity contribution in [1.82, 2.24) is 4.98 Å². The fourth-order valence-corrected chi connectivity index (χ4v) is 1.67. The van der Waals surface area contributed by atoms with Gasteiger partial charge in [-0.05, 0) is 36.8 Å². The quantitative estimate of drug-likeness (QED) is 0.897. The molecule has 0 fully saturated rings. The van der Waals surface area contributed by atoms with Crippen molar-refractivity contribution < 1.29 is 9.47 Å². The molecule has 1 aromatic heterocycles. The Labute approximate surface area is 107 Å². The molecule has 2 aromatic rings. The molecule has 1 heterocycles. The van der Waals surface area contributed by atoms with E-state index in [1.165, 1.54) is 0 Å². The van der Waals surface area contributed by atoms with Crippen LogP contribution >= 0.6 is 0 Å². The molecule has 0 spiro atoms. The van der Waals surface area contributed by atoms with Crippen molar-refractivity contribution in [2.75, 3.05) is 19.5 Å². The number of benzene rings is 1. The Balaban J connectivity index is 2.24. The van der Waals surface area contributed by atoms with Gasteiger partial charge >= 0.3 is 0 Å². The zero-order valence-corrected chi connectivity index (χ0v) is 10.7. The lowest BCUT2D eigenvalue weighted by molar-refractivity contribution is 0.355. The normalized spacial score (nSPS) is 9.94. The van der Waals surface area contributed by atoms with Crippen LogP contribution in [0.2, 0.25) is 0 Å². The van der Waals surface area contributed by atoms with Crippen molar-refractivity contribution in [3.63, 3.8) is 0 Å². The summed E-state index contributed by atoms with van der Waals surface area (Å²) < 4.78 is 10.4. The molecule has 4 nitrogen and oxygen atoms in total. The summed E-state index contributed by atoms with van der Waals surface area (Å²) >= 11 is 0. The van der Waals surface area contributed by atoms with Crippen LogP contribution in [-0.2, 0) is 0 Å². The van der Waals surface area contributed by atoms with Crippen molar-refractivity contribution in [2.45, 2.75) is 6.92 Å². The number of rotatable bonds is 4. The Morgan fingerprint density at radius 1 is 1.00 bits per heavy atom. The number of hydrogen-bond donors (Lipinski definition) is 1. The van der Waals surface area contributed by atoms with Gasteiger partial charge in [-0.25, -0.2) is 4.98 Å². The van der Waals surface area contributed by atoms with E-state index in [2.05, 4.69) is 10.3 Å². The summed E-state index contributed by atoms with van der Waals surface area (Å²) in [6.07, 6.45) is 1.78. The number of aromatic nitrogens is 1. The van der Waals surface area contributed by atoms with Crippen LogP contribution in [0.15, 0.2) is 36.5 Å². The highest BCUT2D eigenvalue weighted by atomic mass is 16.5. The topological polar surface area (TPSA) is 43.4 Å². The van der Waals surface area contributed by atoms with Gasteiger partial charge in [0.1, 0.15) is 5.82 Å². The number of ether oxygens (including phenoxy) is 2. The van der Waals surface area contributed by atoms with Crippen LogP contribution in [0.25, 0.3) is 0 Å². The molecule has 0 aliphatic carbocycles. The molecule has 0 bridgehead atoms. The van der Waals surface area contributed by atoms with E-state index in [1.807, 2.05) is 37.3 Å². The maximum atomic E-state index is 5.25. The van der Waals surface area contributed by atoms with Gasteiger partial charge in [0, 0.05) is 18.0 Å². The maximum Gasteiger partial charge on any atom is 0.162 e. The summed E-state index contributed by atoms with van der Waals surface area (Å²) in [4.78, 5) is 4.25. The highest BCUT2D eigenvalue weighted by Crippen LogP contribution is 2.30. The van der Waals surface area contributed by atoms with Crippen LogP contribution in [0, 0.1) is 6.92 Å². The van der Waals surface area contributed by atoms with Crippen molar-refractivity contribution in [3.05, 3.63) is 42.1 Å². The number of hydrogen-bond acceptors (Lipinski definition) is 4. The first-order chi connectivity index (χ1) is 8.72. The van der Waals surface area contributed by atoms with Gasteiger partial charge in [-0.3, -0.25) is 0 Å². The summed E-state index contributed by atoms with van der Waals surface area (Å²) in [5.74, 6) is 2.21. The molecule has 0 saturated carbocycles. The van der Waals surface area contributed by atoms with E-state index in [9.17, 15) is 0 Å². The summed E-state index contributed by atoms with van der Waals surface area (Å²) in [7, 11) is 3.24. The van der Waals surface area contributed by atoms with E-state index in [-0.39, 0.29) is 0 Å². The van der Waals surface area contributed by atoms with Crippen LogP contribution < -0.4 is 14.8 Å². The van der Waals surface area contributed by atoms with Crippen LogP contribution in [0.5, 0.6) is 11.5 Å². The standard InChI is InChI=1S/C14H16N2O2/c1-10-6-7-15-14(8-10)16-11-4-5-12(17-2)13(9-11)18-3/h4-9H,1-3H3,(H,15,16). The number of nitrogens with zero attached hydrogens (tertiary/aromatic N) is 1. The molecule has 0 unspecified atom stereocenters. The van der Waals surface area contributed by atoms with E-state index in [0.717, 1.165) is 17.1 Å². The van der Waals surface area contributed by atoms with E-state index < -0.39 is 0 Å². The lowest BCUT2D eigenvalue weighted by atomic mass is 10.2. The van der Waals surface area contributed by atoms with Gasteiger partial charge in [-0.1, -0.05) is 0 Å². The third-order valence-electron chi connectivity index (χ3n) is 2.57. The Bertz CT molecular complexity index is 541. The monoisotopic (exact) mass is 244 g/mol. The number of nitrogens with one attached hydrogen (secondary N) is 1. The average Bonchev–Trinajstić information content (AvgIpc) is 2.38. The van der Waals surface area contributed by atoms with Crippen molar-refractivity contribution in [2.24, 2.45) is 0 Å². The molecule has 94 valence electrons. The van der Waals surface area contributed by atoms with Gasteiger partial charge in [0.25, 0.3) is 0 Å². The van der Waals surface area contributed by atoms with Crippen molar-refractivity contribution >= 4 is 11.5 Å². The molecule has 0 atom stereocenters. The average molecular weight is 244 g/mol. The SMILES string of the molecule is COc1ccc(Nc2cc(C)ccn2)cc1OC. The molecule has 4 heteroatoms. The fourth-order valence-electron chi connectivity index (χ4n) is 1.67. The van der Waals surface area contributed by atoms with Gasteiger partial charge in [0.05, 0.1) is 14.2 Å². The minimum Gasteiger partial charge on any atom is -0.493 e. The molecule has 1 N–H and O–H groups in total. The summed E-state index contributed by atoms with van der Waals surface area (Å²) in [5.41, 5.74) is 2.07. The van der Waals surface area contributed by atoms with Gasteiger partial charge in [0.2, 0.25) is 0 Å². The van der Waals surface area contributed by atoms with Crippen LogP contribution in [0.3, 0.4) is 0 Å². The lowest BCUT2D eigenvalue weighted by Crippen LogP contribution is -1.96. The largest absolute Gasteiger partial charge is 0.493 e. The molecule has 18 heavy (non-hydrogen) atoms. The Hall–Kier alpha value is -2.23. The number of pyridine rings is 1. The zero-order chi connectivity index (χ0) is 13.0. The smallest absolute Gasteiger partial charge is 0.162 e. The van der Waals surface area contributed by atoms with Gasteiger partial charge in [-0.2, -0.15) is 0 Å². The molecule has 0 saturated heterocycles. The maximum absolute atomic E-state index is 5.25. The zero-order valence-electron chi connectivity index (χ0n) is 10.7. The van der Waals surface area contributed by atoms with E-state index in [1.54, 1.807) is 20.4 Å². The third-order valence-corrected chi connectivity index (χ3v) is 2.57. The Morgan fingerprint density at radius 3 is 2.44 bits per heavy atom. The summed E-state index contributed by atoms with van der Waals surface area (Å²) in [6.45, 7) is 2.03. The first kappa shape index (κ1) is 12.2. The molecule has 2 rings (SSSR count). The second-order valence-electron chi connectivity index (χ2n) is 3.91. The molecule has 1 aromatic carbocycles. The van der Waals surface area contributed by atoms with Crippen LogP contribution in [0.4, 0.5) is 11.5 Å². The molecule has 0 radical (unpaired) electrons. The van der Waals surface area contributed by atoms with Gasteiger partial charge in [-0.15, -0.1) is 0 Å². The van der Waals surface area contributed by atoms with E-state index >= 15 is 0 Å². The van der Waals surface area contributed by atoms with Crippen LogP contribution in [-0.4, -0.2) is 19.2 Å². The van der Waals surface area contributed by atoms with Gasteiger partial charge in [0.15, 0.2) is 11.5 Å². The first-order valence-electron chi connectivity index (χ1n) is 5.64. The summed E-state index contributed by atoms with van der Waals surface area (Å²) in [5, 5.41) is 3.22. The van der Waals surface area contributed by atoms with E-state index in [4.69, 9.17) is 9.47 Å². The van der Waals surface area contributed by atoms with Gasteiger partial charge < -0.3 is 14.8 Å². The van der Waals surface area contributed by atoms with Crippen molar-refractivity contribution in [1.29, 1.82) is 0 Å². The predicted octanol–water partition coefficient (Wildman–Crippen LogP) is 3.15. The second kappa shape index (κ2) is 5.40. The number of anilines is 2. The van der Waals surface area contributed by atoms with Crippen molar-refractivity contribution in [3.8, 4) is 11.5 Å². The molecule has 0 aliphatic heterocycles. The Kier molecular flexibility index (Phi) is 3.67. The van der Waals surface area contributed by atoms with E-state index in [0.29, 0.717) is 11.5 Å². The fraction of sp³-hybridized carbons (Fsp3) is 0.214. The van der Waals surface area contributed by atoms with Crippen LogP contribution in [0.1, 0.15) is 5.56 Å². The molecular formula is C14H16N2O2. The summed E-state index contributed by atoms with van der Waals surface area (Å²) in [6, 6.07) is 9.60. The third kappa shape index (κ3) is 2.71. The number of aryl methyl sites for hydroxylation is 1. The minimum absolute atomic E-state index is 0.690. The minimum atomic E-state index is 0.690. The second-order valence-corrected chi connectivity index (χ2v) is 3.91. The number of methoxy groups -OCH3 is 2. The Morgan fingerprint density at radius 2 is 1.78 bits per heavy atom. The highest BCUT2D eigenvalue weighted by Gasteiger charge is 2.04. The lowest BCUT2D eigenvalue weighted by Gasteiger charge is -2.11. The highest BCUT2D eigenvalue weighted by molar-refractivity contribution is 5.61. The molecular weight excluding hydrogens is 228 g/mol. The predicted molar refractivity (Wildman–Crippen MR) is 71.8 cm³/mol.